The second-order valence-corrected chi connectivity index (χ2v) is 11.0. The molecule has 234 valence electrons. The van der Waals surface area contributed by atoms with E-state index in [0.29, 0.717) is 19.8 Å². The SMILES string of the molecule is CCCCCCCCCCCCC/C=C/[C@@H](OCc1ccc(OC)cc1)[C@@H](COCc1ccc(OC)cc1)NC(C)=O. The maximum atomic E-state index is 12.1. The van der Waals surface area contributed by atoms with Crippen LogP contribution in [0.3, 0.4) is 0 Å². The van der Waals surface area contributed by atoms with Gasteiger partial charge in [-0.3, -0.25) is 4.79 Å². The lowest BCUT2D eigenvalue weighted by atomic mass is 10.0. The van der Waals surface area contributed by atoms with Crippen molar-refractivity contribution in [3.05, 3.63) is 71.8 Å². The minimum atomic E-state index is -0.320. The maximum Gasteiger partial charge on any atom is 0.217 e. The highest BCUT2D eigenvalue weighted by Gasteiger charge is 2.21. The Morgan fingerprint density at radius 1 is 0.738 bits per heavy atom. The number of unbranched alkanes of at least 4 members (excludes halogenated alkanes) is 11. The van der Waals surface area contributed by atoms with E-state index in [2.05, 4.69) is 24.4 Å². The van der Waals surface area contributed by atoms with Crippen LogP contribution in [0, 0.1) is 0 Å². The Kier molecular flexibility index (Phi) is 19.1. The molecule has 0 fully saturated rings. The smallest absolute Gasteiger partial charge is 0.217 e. The fraction of sp³-hybridized carbons (Fsp3) is 0.583. The Balaban J connectivity index is 1.88. The van der Waals surface area contributed by atoms with E-state index in [1.165, 1.54) is 71.1 Å². The van der Waals surface area contributed by atoms with Crippen LogP contribution < -0.4 is 14.8 Å². The van der Waals surface area contributed by atoms with Gasteiger partial charge in [0.05, 0.1) is 46.2 Å². The third-order valence-corrected chi connectivity index (χ3v) is 7.41. The van der Waals surface area contributed by atoms with Gasteiger partial charge in [0.2, 0.25) is 5.91 Å². The highest BCUT2D eigenvalue weighted by atomic mass is 16.5. The van der Waals surface area contributed by atoms with Crippen molar-refractivity contribution >= 4 is 5.91 Å². The van der Waals surface area contributed by atoms with Gasteiger partial charge in [-0.05, 0) is 48.2 Å². The molecule has 0 bridgehead atoms. The molecule has 2 atom stereocenters. The van der Waals surface area contributed by atoms with Crippen LogP contribution in [0.5, 0.6) is 11.5 Å². The number of hydrogen-bond acceptors (Lipinski definition) is 5. The molecule has 2 aromatic rings. The molecule has 2 rings (SSSR count). The van der Waals surface area contributed by atoms with Gasteiger partial charge in [-0.25, -0.2) is 0 Å². The summed E-state index contributed by atoms with van der Waals surface area (Å²) in [5.74, 6) is 1.51. The molecule has 0 saturated heterocycles. The van der Waals surface area contributed by atoms with Crippen LogP contribution >= 0.6 is 0 Å². The van der Waals surface area contributed by atoms with Gasteiger partial charge in [0.1, 0.15) is 11.5 Å². The lowest BCUT2D eigenvalue weighted by Crippen LogP contribution is -2.46. The average molecular weight is 582 g/mol. The van der Waals surface area contributed by atoms with E-state index in [1.807, 2.05) is 48.5 Å². The summed E-state index contributed by atoms with van der Waals surface area (Å²) in [5, 5.41) is 3.06. The second kappa shape index (κ2) is 22.7. The molecule has 2 aromatic carbocycles. The third-order valence-electron chi connectivity index (χ3n) is 7.41. The highest BCUT2D eigenvalue weighted by molar-refractivity contribution is 5.73. The predicted octanol–water partition coefficient (Wildman–Crippen LogP) is 8.57. The molecule has 0 aliphatic heterocycles. The van der Waals surface area contributed by atoms with Gasteiger partial charge < -0.3 is 24.3 Å². The van der Waals surface area contributed by atoms with Crippen LogP contribution in [0.25, 0.3) is 0 Å². The average Bonchev–Trinajstić information content (AvgIpc) is 3.01. The molecule has 0 aliphatic carbocycles. The lowest BCUT2D eigenvalue weighted by molar-refractivity contribution is -0.121. The Bertz CT molecular complexity index is 973. The van der Waals surface area contributed by atoms with Gasteiger partial charge in [0.25, 0.3) is 0 Å². The van der Waals surface area contributed by atoms with Crippen LogP contribution in [0.4, 0.5) is 0 Å². The molecule has 42 heavy (non-hydrogen) atoms. The molecule has 6 nitrogen and oxygen atoms in total. The van der Waals surface area contributed by atoms with E-state index in [4.69, 9.17) is 18.9 Å². The van der Waals surface area contributed by atoms with Crippen molar-refractivity contribution in [2.75, 3.05) is 20.8 Å². The summed E-state index contributed by atoms with van der Waals surface area (Å²) < 4.78 is 22.9. The molecule has 0 heterocycles. The van der Waals surface area contributed by atoms with E-state index in [1.54, 1.807) is 14.2 Å². The van der Waals surface area contributed by atoms with Crippen LogP contribution in [-0.4, -0.2) is 38.9 Å². The van der Waals surface area contributed by atoms with E-state index >= 15 is 0 Å². The summed E-state index contributed by atoms with van der Waals surface area (Å²) in [4.78, 5) is 12.1. The van der Waals surface area contributed by atoms with Crippen molar-refractivity contribution in [2.24, 2.45) is 0 Å². The number of nitrogens with one attached hydrogen (secondary N) is 1. The van der Waals surface area contributed by atoms with E-state index in [0.717, 1.165) is 35.5 Å². The third kappa shape index (κ3) is 16.0. The molecule has 0 radical (unpaired) electrons. The molecular formula is C36H55NO5. The number of amides is 1. The summed E-state index contributed by atoms with van der Waals surface area (Å²) in [6.45, 7) is 5.00. The van der Waals surface area contributed by atoms with Crippen LogP contribution in [0.1, 0.15) is 102 Å². The van der Waals surface area contributed by atoms with E-state index in [-0.39, 0.29) is 18.1 Å². The Labute approximate surface area is 255 Å². The minimum absolute atomic E-state index is 0.107. The summed E-state index contributed by atoms with van der Waals surface area (Å²) in [5.41, 5.74) is 2.08. The molecule has 0 spiro atoms. The number of ether oxygens (including phenoxy) is 4. The predicted molar refractivity (Wildman–Crippen MR) is 172 cm³/mol. The largest absolute Gasteiger partial charge is 0.497 e. The molecule has 1 N–H and O–H groups in total. The van der Waals surface area contributed by atoms with Crippen LogP contribution in [-0.2, 0) is 27.5 Å². The second-order valence-electron chi connectivity index (χ2n) is 11.0. The quantitative estimate of drug-likeness (QED) is 0.0994. The zero-order valence-electron chi connectivity index (χ0n) is 26.6. The van der Waals surface area contributed by atoms with Crippen LogP contribution in [0.15, 0.2) is 60.7 Å². The number of carbonyl (C=O) groups is 1. The normalized spacial score (nSPS) is 12.8. The molecule has 0 unspecified atom stereocenters. The molecule has 0 saturated carbocycles. The first-order valence-corrected chi connectivity index (χ1v) is 15.9. The van der Waals surface area contributed by atoms with Crippen molar-refractivity contribution in [1.82, 2.24) is 5.32 Å². The Hall–Kier alpha value is -2.83. The maximum absolute atomic E-state index is 12.1. The Morgan fingerprint density at radius 2 is 1.24 bits per heavy atom. The minimum Gasteiger partial charge on any atom is -0.497 e. The van der Waals surface area contributed by atoms with Gasteiger partial charge in [-0.1, -0.05) is 108 Å². The van der Waals surface area contributed by atoms with Gasteiger partial charge in [0, 0.05) is 6.92 Å². The monoisotopic (exact) mass is 581 g/mol. The van der Waals surface area contributed by atoms with E-state index in [9.17, 15) is 4.79 Å². The van der Waals surface area contributed by atoms with Crippen molar-refractivity contribution in [1.29, 1.82) is 0 Å². The first-order chi connectivity index (χ1) is 20.5. The number of benzene rings is 2. The van der Waals surface area contributed by atoms with Crippen molar-refractivity contribution < 1.29 is 23.7 Å². The fourth-order valence-electron chi connectivity index (χ4n) is 4.88. The summed E-state index contributed by atoms with van der Waals surface area (Å²) in [6, 6.07) is 15.3. The topological polar surface area (TPSA) is 66.0 Å². The molecule has 6 heteroatoms. The van der Waals surface area contributed by atoms with Crippen molar-refractivity contribution in [3.8, 4) is 11.5 Å². The van der Waals surface area contributed by atoms with Crippen molar-refractivity contribution in [2.45, 2.75) is 116 Å². The molecule has 0 aliphatic rings. The lowest BCUT2D eigenvalue weighted by Gasteiger charge is -2.26. The van der Waals surface area contributed by atoms with Gasteiger partial charge in [0.15, 0.2) is 0 Å². The number of allylic oxidation sites excluding steroid dienone is 1. The van der Waals surface area contributed by atoms with Gasteiger partial charge >= 0.3 is 0 Å². The molecule has 1 amide bonds. The fourth-order valence-corrected chi connectivity index (χ4v) is 4.88. The number of rotatable bonds is 24. The van der Waals surface area contributed by atoms with Gasteiger partial charge in [-0.15, -0.1) is 0 Å². The number of carbonyl (C=O) groups excluding carboxylic acids is 1. The summed E-state index contributed by atoms with van der Waals surface area (Å²) in [7, 11) is 3.31. The number of hydrogen-bond donors (Lipinski definition) is 1. The first-order valence-electron chi connectivity index (χ1n) is 15.9. The molecule has 0 aromatic heterocycles. The summed E-state index contributed by atoms with van der Waals surface area (Å²) >= 11 is 0. The summed E-state index contributed by atoms with van der Waals surface area (Å²) in [6.07, 6.45) is 19.6. The van der Waals surface area contributed by atoms with Crippen molar-refractivity contribution in [3.63, 3.8) is 0 Å². The highest BCUT2D eigenvalue weighted by Crippen LogP contribution is 2.17. The van der Waals surface area contributed by atoms with Gasteiger partial charge in [-0.2, -0.15) is 0 Å². The van der Waals surface area contributed by atoms with Crippen LogP contribution in [0.2, 0.25) is 0 Å². The zero-order valence-corrected chi connectivity index (χ0v) is 26.6. The number of methoxy groups -OCH3 is 2. The first kappa shape index (κ1) is 35.4. The Morgan fingerprint density at radius 3 is 1.74 bits per heavy atom. The van der Waals surface area contributed by atoms with E-state index < -0.39 is 0 Å². The zero-order chi connectivity index (χ0) is 30.3. The molecular weight excluding hydrogens is 526 g/mol. The standard InChI is InChI=1S/C36H55NO5/c1-5-6-7-8-9-10-11-12-13-14-15-16-17-18-36(42-28-32-21-25-34(40-4)26-22-32)35(37-30(2)38)29-41-27-31-19-23-33(39-3)24-20-31/h17-26,35-36H,5-16,27-29H2,1-4H3,(H,37,38)/b18-17+/t35-,36-/m1/s1.